The van der Waals surface area contributed by atoms with E-state index in [-0.39, 0.29) is 23.6 Å². The summed E-state index contributed by atoms with van der Waals surface area (Å²) in [4.78, 5) is 41.1. The average Bonchev–Trinajstić information content (AvgIpc) is 2.78. The van der Waals surface area contributed by atoms with Crippen molar-refractivity contribution in [2.24, 2.45) is 5.92 Å². The van der Waals surface area contributed by atoms with Gasteiger partial charge >= 0.3 is 0 Å². The van der Waals surface area contributed by atoms with Gasteiger partial charge in [0.25, 0.3) is 17.4 Å². The number of nitrogens with one attached hydrogen (secondary N) is 3. The Morgan fingerprint density at radius 3 is 2.71 bits per heavy atom. The molecule has 1 aliphatic heterocycles. The number of carbonyl (C=O) groups excluding carboxylic acids is 2. The molecule has 8 heteroatoms. The standard InChI is InChI=1S/C23H29FN4O3/c1-28(15-17-6-2-3-7-20(17)24)23(31)19-13-18(14-27-22(19)30)21(29)26-10-4-5-16-8-11-25-12-9-16/h2-3,6-7,13-14,16,25H,4-5,8-12,15H2,1H3,(H,26,29)(H,27,30). The molecule has 0 saturated carbocycles. The Morgan fingerprint density at radius 2 is 1.97 bits per heavy atom. The van der Waals surface area contributed by atoms with Crippen LogP contribution in [0, 0.1) is 11.7 Å². The van der Waals surface area contributed by atoms with Crippen LogP contribution in [0.2, 0.25) is 0 Å². The number of pyridine rings is 1. The van der Waals surface area contributed by atoms with Gasteiger partial charge < -0.3 is 20.5 Å². The van der Waals surface area contributed by atoms with Crippen LogP contribution in [0.1, 0.15) is 52.0 Å². The minimum atomic E-state index is -0.590. The summed E-state index contributed by atoms with van der Waals surface area (Å²) in [5, 5.41) is 6.19. The molecule has 1 fully saturated rings. The Hall–Kier alpha value is -3.00. The summed E-state index contributed by atoms with van der Waals surface area (Å²) in [6.07, 6.45) is 5.59. The largest absolute Gasteiger partial charge is 0.352 e. The fourth-order valence-corrected chi connectivity index (χ4v) is 3.80. The van der Waals surface area contributed by atoms with Gasteiger partial charge in [-0.1, -0.05) is 18.2 Å². The molecule has 2 amide bonds. The van der Waals surface area contributed by atoms with Crippen molar-refractivity contribution < 1.29 is 14.0 Å². The zero-order chi connectivity index (χ0) is 22.2. The molecular formula is C23H29FN4O3. The first-order valence-electron chi connectivity index (χ1n) is 10.7. The van der Waals surface area contributed by atoms with Crippen LogP contribution in [0.3, 0.4) is 0 Å². The lowest BCUT2D eigenvalue weighted by Crippen LogP contribution is -2.33. The minimum absolute atomic E-state index is 0.0120. The van der Waals surface area contributed by atoms with Crippen molar-refractivity contribution in [3.8, 4) is 0 Å². The van der Waals surface area contributed by atoms with Gasteiger partial charge in [-0.05, 0) is 56.8 Å². The van der Waals surface area contributed by atoms with Crippen LogP contribution >= 0.6 is 0 Å². The molecule has 3 N–H and O–H groups in total. The predicted octanol–water partition coefficient (Wildman–Crippen LogP) is 2.30. The Balaban J connectivity index is 1.58. The quantitative estimate of drug-likeness (QED) is 0.563. The van der Waals surface area contributed by atoms with Gasteiger partial charge in [0.2, 0.25) is 0 Å². The zero-order valence-corrected chi connectivity index (χ0v) is 17.7. The summed E-state index contributed by atoms with van der Waals surface area (Å²) in [6.45, 7) is 2.66. The summed E-state index contributed by atoms with van der Waals surface area (Å²) >= 11 is 0. The Kier molecular flexibility index (Phi) is 7.94. The molecule has 31 heavy (non-hydrogen) atoms. The molecule has 7 nitrogen and oxygen atoms in total. The number of H-pyrrole nitrogens is 1. The summed E-state index contributed by atoms with van der Waals surface area (Å²) in [5.74, 6) is -0.647. The Labute approximate surface area is 181 Å². The van der Waals surface area contributed by atoms with Crippen LogP contribution in [0.25, 0.3) is 0 Å². The lowest BCUT2D eigenvalue weighted by molar-refractivity contribution is 0.0782. The molecule has 0 aliphatic carbocycles. The van der Waals surface area contributed by atoms with Gasteiger partial charge in [-0.15, -0.1) is 0 Å². The fraction of sp³-hybridized carbons (Fsp3) is 0.435. The van der Waals surface area contributed by atoms with E-state index >= 15 is 0 Å². The van der Waals surface area contributed by atoms with Gasteiger partial charge in [0.1, 0.15) is 11.4 Å². The molecule has 0 unspecified atom stereocenters. The number of hydrogen-bond donors (Lipinski definition) is 3. The molecule has 1 saturated heterocycles. The lowest BCUT2D eigenvalue weighted by Gasteiger charge is -2.22. The molecule has 2 heterocycles. The maximum absolute atomic E-state index is 13.9. The topological polar surface area (TPSA) is 94.3 Å². The van der Waals surface area contributed by atoms with Gasteiger partial charge in [-0.3, -0.25) is 14.4 Å². The van der Waals surface area contributed by atoms with Crippen molar-refractivity contribution in [3.63, 3.8) is 0 Å². The third kappa shape index (κ3) is 6.24. The maximum Gasteiger partial charge on any atom is 0.260 e. The van der Waals surface area contributed by atoms with Crippen molar-refractivity contribution in [1.82, 2.24) is 20.5 Å². The minimum Gasteiger partial charge on any atom is -0.352 e. The molecule has 0 radical (unpaired) electrons. The van der Waals surface area contributed by atoms with E-state index in [0.29, 0.717) is 18.0 Å². The number of halogens is 1. The van der Waals surface area contributed by atoms with E-state index in [0.717, 1.165) is 25.9 Å². The normalized spacial score (nSPS) is 14.3. The van der Waals surface area contributed by atoms with Crippen LogP contribution in [-0.4, -0.2) is 48.4 Å². The number of hydrogen-bond acceptors (Lipinski definition) is 4. The summed E-state index contributed by atoms with van der Waals surface area (Å²) in [5.41, 5.74) is -0.185. The van der Waals surface area contributed by atoms with Gasteiger partial charge in [-0.2, -0.15) is 0 Å². The highest BCUT2D eigenvalue weighted by Gasteiger charge is 2.19. The van der Waals surface area contributed by atoms with Gasteiger partial charge in [0, 0.05) is 31.9 Å². The molecule has 2 aromatic rings. The molecule has 1 aromatic heterocycles. The Morgan fingerprint density at radius 1 is 1.23 bits per heavy atom. The van der Waals surface area contributed by atoms with Crippen molar-refractivity contribution in [2.75, 3.05) is 26.7 Å². The first kappa shape index (κ1) is 22.7. The number of rotatable bonds is 8. The highest BCUT2D eigenvalue weighted by Crippen LogP contribution is 2.17. The lowest BCUT2D eigenvalue weighted by atomic mass is 9.93. The van der Waals surface area contributed by atoms with E-state index in [4.69, 9.17) is 0 Å². The number of aromatic amines is 1. The van der Waals surface area contributed by atoms with Crippen LogP contribution in [0.4, 0.5) is 4.39 Å². The number of benzene rings is 1. The highest BCUT2D eigenvalue weighted by molar-refractivity contribution is 5.99. The molecule has 1 aromatic carbocycles. The van der Waals surface area contributed by atoms with Gasteiger partial charge in [0.05, 0.1) is 5.56 Å². The fourth-order valence-electron chi connectivity index (χ4n) is 3.80. The number of amides is 2. The van der Waals surface area contributed by atoms with Gasteiger partial charge in [0.15, 0.2) is 0 Å². The second-order valence-corrected chi connectivity index (χ2v) is 7.98. The smallest absolute Gasteiger partial charge is 0.260 e. The first-order valence-corrected chi connectivity index (χ1v) is 10.7. The summed E-state index contributed by atoms with van der Waals surface area (Å²) in [7, 11) is 1.49. The van der Waals surface area contributed by atoms with Crippen LogP contribution < -0.4 is 16.2 Å². The summed E-state index contributed by atoms with van der Waals surface area (Å²) < 4.78 is 13.9. The first-order chi connectivity index (χ1) is 15.0. The van der Waals surface area contributed by atoms with E-state index in [1.807, 2.05) is 0 Å². The third-order valence-electron chi connectivity index (χ3n) is 5.64. The van der Waals surface area contributed by atoms with E-state index in [1.54, 1.807) is 18.2 Å². The SMILES string of the molecule is CN(Cc1ccccc1F)C(=O)c1cc(C(=O)NCCCC2CCNCC2)c[nH]c1=O. The Bertz CT molecular complexity index is 969. The number of carbonyl (C=O) groups is 2. The zero-order valence-electron chi connectivity index (χ0n) is 17.7. The van der Waals surface area contributed by atoms with Crippen molar-refractivity contribution in [1.29, 1.82) is 0 Å². The van der Waals surface area contributed by atoms with Crippen LogP contribution in [-0.2, 0) is 6.54 Å². The average molecular weight is 429 g/mol. The molecule has 0 spiro atoms. The third-order valence-corrected chi connectivity index (χ3v) is 5.64. The molecule has 1 aliphatic rings. The predicted molar refractivity (Wildman–Crippen MR) is 116 cm³/mol. The van der Waals surface area contributed by atoms with E-state index in [9.17, 15) is 18.8 Å². The van der Waals surface area contributed by atoms with E-state index < -0.39 is 17.3 Å². The summed E-state index contributed by atoms with van der Waals surface area (Å²) in [6, 6.07) is 7.44. The monoisotopic (exact) mass is 428 g/mol. The van der Waals surface area contributed by atoms with Crippen molar-refractivity contribution in [3.05, 3.63) is 69.4 Å². The highest BCUT2D eigenvalue weighted by atomic mass is 19.1. The van der Waals surface area contributed by atoms with Crippen molar-refractivity contribution >= 4 is 11.8 Å². The molecular weight excluding hydrogens is 399 g/mol. The molecule has 166 valence electrons. The van der Waals surface area contributed by atoms with E-state index in [2.05, 4.69) is 15.6 Å². The number of nitrogens with zero attached hydrogens (tertiary/aromatic N) is 1. The maximum atomic E-state index is 13.9. The van der Waals surface area contributed by atoms with Crippen LogP contribution in [0.5, 0.6) is 0 Å². The number of aromatic nitrogens is 1. The molecule has 0 atom stereocenters. The second kappa shape index (κ2) is 10.9. The number of piperidine rings is 1. The van der Waals surface area contributed by atoms with Crippen LogP contribution in [0.15, 0.2) is 41.3 Å². The van der Waals surface area contributed by atoms with Gasteiger partial charge in [-0.25, -0.2) is 4.39 Å². The van der Waals surface area contributed by atoms with E-state index in [1.165, 1.54) is 43.1 Å². The second-order valence-electron chi connectivity index (χ2n) is 7.98. The molecule has 0 bridgehead atoms. The molecule has 3 rings (SSSR count). The van der Waals surface area contributed by atoms with Crippen molar-refractivity contribution in [2.45, 2.75) is 32.2 Å².